The summed E-state index contributed by atoms with van der Waals surface area (Å²) in [6.07, 6.45) is 6.47. The second-order valence-corrected chi connectivity index (χ2v) is 9.43. The zero-order valence-electron chi connectivity index (χ0n) is 21.4. The number of amides is 2. The number of anilines is 3. The van der Waals surface area contributed by atoms with Crippen LogP contribution in [0.3, 0.4) is 0 Å². The molecule has 0 aliphatic heterocycles. The molecule has 2 aromatic heterocycles. The van der Waals surface area contributed by atoms with E-state index in [0.29, 0.717) is 47.4 Å². The average molecular weight is 516 g/mol. The summed E-state index contributed by atoms with van der Waals surface area (Å²) in [5, 5.41) is 9.66. The molecule has 0 fully saturated rings. The van der Waals surface area contributed by atoms with E-state index in [1.165, 1.54) is 11.9 Å². The van der Waals surface area contributed by atoms with Crippen molar-refractivity contribution in [2.45, 2.75) is 52.6 Å². The van der Waals surface area contributed by atoms with E-state index in [-0.39, 0.29) is 12.5 Å². The maximum atomic E-state index is 12.1. The van der Waals surface area contributed by atoms with E-state index in [0.717, 1.165) is 13.0 Å². The molecule has 2 rings (SSSR count). The molecule has 0 saturated carbocycles. The van der Waals surface area contributed by atoms with E-state index in [1.54, 1.807) is 45.4 Å². The number of hydrogen-bond donors (Lipinski definition) is 3. The highest BCUT2D eigenvalue weighted by Gasteiger charge is 2.20. The fourth-order valence-corrected chi connectivity index (χ4v) is 2.93. The number of pyridine rings is 1. The summed E-state index contributed by atoms with van der Waals surface area (Å²) in [6, 6.07) is 1.74. The number of likely N-dealkylation sites (N-methyl/N-ethyl adjacent to an activating group) is 1. The molecule has 0 spiro atoms. The van der Waals surface area contributed by atoms with Gasteiger partial charge in [0.2, 0.25) is 11.9 Å². The number of rotatable bonds is 10. The molecule has 0 aliphatic carbocycles. The monoisotopic (exact) mass is 515 g/mol. The van der Waals surface area contributed by atoms with Crippen LogP contribution in [0.15, 0.2) is 24.7 Å². The Morgan fingerprint density at radius 3 is 2.67 bits per heavy atom. The van der Waals surface area contributed by atoms with Crippen LogP contribution < -0.4 is 16.0 Å². The molecule has 0 saturated heterocycles. The van der Waals surface area contributed by atoms with Gasteiger partial charge in [-0.1, -0.05) is 30.4 Å². The van der Waals surface area contributed by atoms with Crippen molar-refractivity contribution >= 4 is 41.1 Å². The first-order chi connectivity index (χ1) is 17.1. The van der Waals surface area contributed by atoms with Crippen LogP contribution in [0.25, 0.3) is 0 Å². The van der Waals surface area contributed by atoms with Crippen molar-refractivity contribution in [3.8, 4) is 11.8 Å². The van der Waals surface area contributed by atoms with E-state index in [4.69, 9.17) is 16.3 Å². The zero-order chi connectivity index (χ0) is 26.6. The van der Waals surface area contributed by atoms with E-state index in [9.17, 15) is 9.59 Å². The highest BCUT2D eigenvalue weighted by molar-refractivity contribution is 6.30. The number of halogens is 1. The number of carbonyl (C=O) groups is 2. The summed E-state index contributed by atoms with van der Waals surface area (Å²) >= 11 is 5.98. The molecule has 0 bridgehead atoms. The zero-order valence-corrected chi connectivity index (χ0v) is 22.2. The van der Waals surface area contributed by atoms with Gasteiger partial charge in [0.15, 0.2) is 0 Å². The maximum absolute atomic E-state index is 12.1. The summed E-state index contributed by atoms with van der Waals surface area (Å²) in [5.74, 6) is 6.98. The Kier molecular flexibility index (Phi) is 11.2. The third-order valence-electron chi connectivity index (χ3n) is 4.40. The molecule has 0 aromatic carbocycles. The Hall–Kier alpha value is -3.58. The lowest BCUT2D eigenvalue weighted by Gasteiger charge is -2.24. The number of nitrogens with zero attached hydrogens (tertiary/aromatic N) is 4. The van der Waals surface area contributed by atoms with Gasteiger partial charge in [0.1, 0.15) is 18.0 Å². The molecular formula is C25H34ClN7O3. The Morgan fingerprint density at radius 1 is 1.19 bits per heavy atom. The van der Waals surface area contributed by atoms with E-state index < -0.39 is 11.7 Å². The third kappa shape index (κ3) is 10.8. The second-order valence-electron chi connectivity index (χ2n) is 8.99. The van der Waals surface area contributed by atoms with Gasteiger partial charge in [0.05, 0.1) is 28.7 Å². The van der Waals surface area contributed by atoms with E-state index in [2.05, 4.69) is 49.7 Å². The molecule has 0 atom stereocenters. The molecule has 36 heavy (non-hydrogen) atoms. The van der Waals surface area contributed by atoms with Gasteiger partial charge < -0.3 is 25.6 Å². The molecule has 194 valence electrons. The van der Waals surface area contributed by atoms with E-state index >= 15 is 0 Å². The Morgan fingerprint density at radius 2 is 1.97 bits per heavy atom. The number of hydrogen-bond acceptors (Lipinski definition) is 8. The summed E-state index contributed by atoms with van der Waals surface area (Å²) in [6.45, 7) is 8.51. The predicted octanol–water partition coefficient (Wildman–Crippen LogP) is 4.21. The van der Waals surface area contributed by atoms with Crippen LogP contribution in [-0.4, -0.2) is 64.1 Å². The molecule has 11 heteroatoms. The average Bonchev–Trinajstić information content (AvgIpc) is 2.79. The van der Waals surface area contributed by atoms with Crippen LogP contribution in [0.2, 0.25) is 5.02 Å². The van der Waals surface area contributed by atoms with Gasteiger partial charge >= 0.3 is 6.09 Å². The molecule has 3 N–H and O–H groups in total. The van der Waals surface area contributed by atoms with Gasteiger partial charge in [-0.3, -0.25) is 9.78 Å². The number of ether oxygens (including phenoxy) is 1. The van der Waals surface area contributed by atoms with Gasteiger partial charge in [0, 0.05) is 32.8 Å². The smallest absolute Gasteiger partial charge is 0.410 e. The summed E-state index contributed by atoms with van der Waals surface area (Å²) in [7, 11) is 1.53. The second kappa shape index (κ2) is 14.1. The minimum Gasteiger partial charge on any atom is -0.444 e. The van der Waals surface area contributed by atoms with Crippen molar-refractivity contribution in [3.05, 3.63) is 35.2 Å². The number of carbonyl (C=O) groups excluding carboxylic acids is 2. The van der Waals surface area contributed by atoms with Crippen LogP contribution in [-0.2, 0) is 9.53 Å². The van der Waals surface area contributed by atoms with Crippen molar-refractivity contribution in [1.82, 2.24) is 25.2 Å². The van der Waals surface area contributed by atoms with Crippen LogP contribution in [0.5, 0.6) is 0 Å². The van der Waals surface area contributed by atoms with Crippen LogP contribution in [0.4, 0.5) is 22.2 Å². The summed E-state index contributed by atoms with van der Waals surface area (Å²) in [4.78, 5) is 38.2. The van der Waals surface area contributed by atoms with E-state index in [1.807, 2.05) is 0 Å². The molecule has 2 amide bonds. The normalized spacial score (nSPS) is 10.6. The Labute approximate surface area is 217 Å². The molecule has 0 radical (unpaired) electrons. The van der Waals surface area contributed by atoms with Crippen LogP contribution >= 0.6 is 11.6 Å². The lowest BCUT2D eigenvalue weighted by molar-refractivity contribution is -0.122. The summed E-state index contributed by atoms with van der Waals surface area (Å²) < 4.78 is 5.24. The fourth-order valence-electron chi connectivity index (χ4n) is 2.76. The van der Waals surface area contributed by atoms with Crippen LogP contribution in [0.1, 0.15) is 52.5 Å². The van der Waals surface area contributed by atoms with Crippen molar-refractivity contribution < 1.29 is 14.3 Å². The summed E-state index contributed by atoms with van der Waals surface area (Å²) in [5.41, 5.74) is 0.755. The highest BCUT2D eigenvalue weighted by Crippen LogP contribution is 2.19. The minimum atomic E-state index is -0.609. The van der Waals surface area contributed by atoms with Crippen molar-refractivity contribution in [2.24, 2.45) is 0 Å². The number of unbranched alkanes of at least 4 members (excludes halogenated alkanes) is 1. The van der Waals surface area contributed by atoms with Gasteiger partial charge in [-0.2, -0.15) is 4.98 Å². The van der Waals surface area contributed by atoms with Crippen LogP contribution in [0, 0.1) is 11.8 Å². The minimum absolute atomic E-state index is 0.0734. The largest absolute Gasteiger partial charge is 0.444 e. The Bertz CT molecular complexity index is 1090. The third-order valence-corrected chi connectivity index (χ3v) is 4.61. The van der Waals surface area contributed by atoms with Crippen molar-refractivity contribution in [1.29, 1.82) is 0 Å². The first kappa shape index (κ1) is 28.7. The number of aromatic nitrogens is 3. The lowest BCUT2D eigenvalue weighted by Crippen LogP contribution is -2.41. The van der Waals surface area contributed by atoms with Gasteiger partial charge in [-0.05, 0) is 39.7 Å². The first-order valence-electron chi connectivity index (χ1n) is 11.8. The fraction of sp³-hybridized carbons (Fsp3) is 0.480. The van der Waals surface area contributed by atoms with Crippen molar-refractivity contribution in [2.75, 3.05) is 37.3 Å². The molecule has 10 nitrogen and oxygen atoms in total. The van der Waals surface area contributed by atoms with Gasteiger partial charge in [0.25, 0.3) is 0 Å². The van der Waals surface area contributed by atoms with Crippen molar-refractivity contribution in [3.63, 3.8) is 0 Å². The first-order valence-corrected chi connectivity index (χ1v) is 12.1. The maximum Gasteiger partial charge on any atom is 0.410 e. The Balaban J connectivity index is 1.86. The molecule has 0 aliphatic rings. The SMILES string of the molecule is CCCNc1nc(Nc2cncc(Cl)c2)ncc1C#CCCCNC(=O)CN(C)C(=O)OC(C)(C)C. The molecule has 2 heterocycles. The lowest BCUT2D eigenvalue weighted by atomic mass is 10.2. The molecular weight excluding hydrogens is 482 g/mol. The standard InChI is InChI=1S/C25H34ClN7O3/c1-6-11-29-22-18(14-30-23(32-22)31-20-13-19(26)15-27-16-20)10-8-7-9-12-28-21(34)17-33(5)24(35)36-25(2,3)4/h13-16H,6-7,9,11-12,17H2,1-5H3,(H,28,34)(H2,29,30,31,32). The van der Waals surface area contributed by atoms with Gasteiger partial charge in [-0.25, -0.2) is 9.78 Å². The quantitative estimate of drug-likeness (QED) is 0.318. The topological polar surface area (TPSA) is 121 Å². The molecule has 2 aromatic rings. The number of nitrogens with one attached hydrogen (secondary N) is 3. The highest BCUT2D eigenvalue weighted by atomic mass is 35.5. The predicted molar refractivity (Wildman–Crippen MR) is 141 cm³/mol. The van der Waals surface area contributed by atoms with Gasteiger partial charge in [-0.15, -0.1) is 0 Å². The molecule has 0 unspecified atom stereocenters.